The Bertz CT molecular complexity index is 2480. The van der Waals surface area contributed by atoms with Crippen LogP contribution in [0, 0.1) is 11.3 Å². The SMILES string of the molecule is CN(C(=O)c1cc(-c2cc3c(cc2C(=O)N2Cc4ccccc4C[C@H]2CN2CCOCC2)CN(C(=O)Oc2ccc(C#N)cc2)CC3)n2c1CCCC2)c1ccc(O)cc1. The molecule has 5 heterocycles. The highest BCUT2D eigenvalue weighted by Crippen LogP contribution is 2.38. The molecule has 1 fully saturated rings. The van der Waals surface area contributed by atoms with Crippen molar-refractivity contribution in [3.8, 4) is 28.8 Å². The first kappa shape index (κ1) is 39.1. The zero-order valence-corrected chi connectivity index (χ0v) is 33.8. The summed E-state index contributed by atoms with van der Waals surface area (Å²) in [4.78, 5) is 51.1. The summed E-state index contributed by atoms with van der Waals surface area (Å²) in [5.74, 6) is 0.242. The smallest absolute Gasteiger partial charge is 0.415 e. The maximum atomic E-state index is 15.5. The van der Waals surface area contributed by atoms with Crippen molar-refractivity contribution >= 4 is 23.6 Å². The van der Waals surface area contributed by atoms with Crippen molar-refractivity contribution in [1.82, 2.24) is 19.3 Å². The van der Waals surface area contributed by atoms with Gasteiger partial charge in [0.15, 0.2) is 0 Å². The molecular weight excluding hydrogens is 757 g/mol. The first-order valence-corrected chi connectivity index (χ1v) is 20.8. The Hall–Kier alpha value is -6.42. The molecule has 1 saturated heterocycles. The lowest BCUT2D eigenvalue weighted by atomic mass is 9.89. The van der Waals surface area contributed by atoms with E-state index >= 15 is 4.79 Å². The van der Waals surface area contributed by atoms with E-state index in [2.05, 4.69) is 39.8 Å². The van der Waals surface area contributed by atoms with Gasteiger partial charge in [0.25, 0.3) is 11.8 Å². The predicted molar refractivity (Wildman–Crippen MR) is 226 cm³/mol. The number of carbonyl (C=O) groups excluding carboxylic acids is 3. The average Bonchev–Trinajstić information content (AvgIpc) is 3.68. The first-order valence-electron chi connectivity index (χ1n) is 20.8. The number of phenols is 1. The molecule has 3 amide bonds. The van der Waals surface area contributed by atoms with Gasteiger partial charge in [0.1, 0.15) is 11.5 Å². The lowest BCUT2D eigenvalue weighted by molar-refractivity contribution is 0.0193. The van der Waals surface area contributed by atoms with Crippen LogP contribution >= 0.6 is 0 Å². The van der Waals surface area contributed by atoms with Crippen molar-refractivity contribution in [1.29, 1.82) is 5.26 Å². The third kappa shape index (κ3) is 7.74. The van der Waals surface area contributed by atoms with Crippen molar-refractivity contribution in [2.75, 3.05) is 51.3 Å². The summed E-state index contributed by atoms with van der Waals surface area (Å²) in [5.41, 5.74) is 9.16. The molecule has 4 aromatic carbocycles. The van der Waals surface area contributed by atoms with Crippen molar-refractivity contribution in [2.45, 2.75) is 57.8 Å². The van der Waals surface area contributed by atoms with Crippen LogP contribution < -0.4 is 9.64 Å². The standard InChI is InChI=1S/C48H48N6O6/c1-50(37-11-13-39(55)14-12-37)46(56)43-27-45(53-18-5-4-8-44(43)53)41-25-34-17-19-52(48(58)60-40-15-9-32(28-49)10-16-40)29-36(34)26-42(41)47(57)54-30-35-7-3-2-6-33(35)24-38(54)31-51-20-22-59-23-21-51/h2-3,6-7,9-16,25-27,38,55H,4-5,8,17-24,29-31H2,1H3/t38-/m0/s1. The minimum absolute atomic E-state index is 0.0781. The van der Waals surface area contributed by atoms with Crippen LogP contribution in [-0.2, 0) is 43.6 Å². The molecule has 0 saturated carbocycles. The van der Waals surface area contributed by atoms with Gasteiger partial charge in [-0.1, -0.05) is 24.3 Å². The van der Waals surface area contributed by atoms with Crippen molar-refractivity contribution in [2.24, 2.45) is 0 Å². The summed E-state index contributed by atoms with van der Waals surface area (Å²) < 4.78 is 13.6. The van der Waals surface area contributed by atoms with Crippen LogP contribution in [-0.4, -0.2) is 94.8 Å². The van der Waals surface area contributed by atoms with Gasteiger partial charge in [0.05, 0.1) is 30.4 Å². The van der Waals surface area contributed by atoms with Crippen molar-refractivity contribution in [3.05, 3.63) is 136 Å². The van der Waals surface area contributed by atoms with Gasteiger partial charge in [-0.25, -0.2) is 4.79 Å². The fourth-order valence-electron chi connectivity index (χ4n) is 9.20. The summed E-state index contributed by atoms with van der Waals surface area (Å²) in [6.07, 6.45) is 3.43. The normalized spacial score (nSPS) is 17.5. The van der Waals surface area contributed by atoms with E-state index in [0.29, 0.717) is 60.9 Å². The van der Waals surface area contributed by atoms with E-state index in [-0.39, 0.29) is 30.2 Å². The van der Waals surface area contributed by atoms with E-state index in [1.165, 1.54) is 5.56 Å². The molecule has 0 unspecified atom stereocenters. The summed E-state index contributed by atoms with van der Waals surface area (Å²) >= 11 is 0. The number of carbonyl (C=O) groups is 3. The second-order valence-corrected chi connectivity index (χ2v) is 16.2. The Labute approximate surface area is 349 Å². The number of ether oxygens (including phenoxy) is 2. The Morgan fingerprint density at radius 2 is 1.60 bits per heavy atom. The van der Waals surface area contributed by atoms with Crippen molar-refractivity contribution < 1.29 is 29.0 Å². The van der Waals surface area contributed by atoms with Crippen LogP contribution in [0.2, 0.25) is 0 Å². The fraction of sp³-hybridized carbons (Fsp3) is 0.333. The monoisotopic (exact) mass is 804 g/mol. The number of phenolic OH excluding ortho intramolecular Hbond substituents is 1. The zero-order chi connectivity index (χ0) is 41.3. The number of rotatable bonds is 7. The summed E-state index contributed by atoms with van der Waals surface area (Å²) in [7, 11) is 1.75. The van der Waals surface area contributed by atoms with Crippen LogP contribution in [0.5, 0.6) is 11.5 Å². The van der Waals surface area contributed by atoms with Gasteiger partial charge in [-0.05, 0) is 121 Å². The molecule has 0 aliphatic carbocycles. The highest BCUT2D eigenvalue weighted by molar-refractivity contribution is 6.08. The molecule has 306 valence electrons. The number of fused-ring (bicyclic) bond motifs is 3. The molecule has 1 aromatic heterocycles. The second-order valence-electron chi connectivity index (χ2n) is 16.2. The Balaban J connectivity index is 1.12. The molecule has 12 nitrogen and oxygen atoms in total. The second kappa shape index (κ2) is 16.7. The van der Waals surface area contributed by atoms with E-state index in [1.54, 1.807) is 65.4 Å². The number of hydrogen-bond acceptors (Lipinski definition) is 8. The Morgan fingerprint density at radius 1 is 0.833 bits per heavy atom. The number of benzene rings is 4. The van der Waals surface area contributed by atoms with E-state index < -0.39 is 6.09 Å². The molecule has 9 rings (SSSR count). The molecule has 0 radical (unpaired) electrons. The Kier molecular flexibility index (Phi) is 10.9. The van der Waals surface area contributed by atoms with Crippen LogP contribution in [0.15, 0.2) is 91.0 Å². The maximum Gasteiger partial charge on any atom is 0.415 e. The lowest BCUT2D eigenvalue weighted by Gasteiger charge is -2.41. The maximum absolute atomic E-state index is 15.5. The molecule has 1 N–H and O–H groups in total. The molecule has 1 atom stereocenters. The van der Waals surface area contributed by atoms with Gasteiger partial charge in [0, 0.05) is 87.1 Å². The minimum atomic E-state index is -0.498. The summed E-state index contributed by atoms with van der Waals surface area (Å²) in [5, 5.41) is 19.1. The number of morpholine rings is 1. The lowest BCUT2D eigenvalue weighted by Crippen LogP contribution is -2.52. The van der Waals surface area contributed by atoms with E-state index in [9.17, 15) is 20.0 Å². The highest BCUT2D eigenvalue weighted by atomic mass is 16.6. The van der Waals surface area contributed by atoms with Crippen LogP contribution in [0.4, 0.5) is 10.5 Å². The number of hydrogen-bond donors (Lipinski definition) is 1. The van der Waals surface area contributed by atoms with E-state index in [1.807, 2.05) is 23.1 Å². The number of aromatic hydroxyl groups is 1. The van der Waals surface area contributed by atoms with Gasteiger partial charge in [-0.3, -0.25) is 14.5 Å². The van der Waals surface area contributed by atoms with E-state index in [4.69, 9.17) is 9.47 Å². The molecule has 0 spiro atoms. The van der Waals surface area contributed by atoms with Gasteiger partial charge < -0.3 is 33.8 Å². The van der Waals surface area contributed by atoms with Gasteiger partial charge in [0.2, 0.25) is 0 Å². The molecule has 0 bridgehead atoms. The fourth-order valence-corrected chi connectivity index (χ4v) is 9.20. The number of amides is 3. The summed E-state index contributed by atoms with van der Waals surface area (Å²) in [6, 6.07) is 29.5. The molecule has 5 aromatic rings. The number of nitrogens with zero attached hydrogens (tertiary/aromatic N) is 6. The van der Waals surface area contributed by atoms with Gasteiger partial charge in [-0.15, -0.1) is 0 Å². The molecule has 60 heavy (non-hydrogen) atoms. The number of nitriles is 1. The van der Waals surface area contributed by atoms with Crippen molar-refractivity contribution in [3.63, 3.8) is 0 Å². The average molecular weight is 805 g/mol. The highest BCUT2D eigenvalue weighted by Gasteiger charge is 2.36. The van der Waals surface area contributed by atoms with E-state index in [0.717, 1.165) is 85.5 Å². The van der Waals surface area contributed by atoms with Gasteiger partial charge >= 0.3 is 6.09 Å². The number of anilines is 1. The predicted octanol–water partition coefficient (Wildman–Crippen LogP) is 6.80. The molecule has 4 aliphatic rings. The third-order valence-corrected chi connectivity index (χ3v) is 12.5. The molecular formula is C48H48N6O6. The van der Waals surface area contributed by atoms with Crippen LogP contribution in [0.25, 0.3) is 11.3 Å². The minimum Gasteiger partial charge on any atom is -0.508 e. The number of aromatic nitrogens is 1. The van der Waals surface area contributed by atoms with Crippen LogP contribution in [0.1, 0.15) is 67.1 Å². The largest absolute Gasteiger partial charge is 0.508 e. The van der Waals surface area contributed by atoms with Gasteiger partial charge in [-0.2, -0.15) is 5.26 Å². The molecule has 12 heteroatoms. The topological polar surface area (TPSA) is 132 Å². The quantitative estimate of drug-likeness (QED) is 0.190. The third-order valence-electron chi connectivity index (χ3n) is 12.5. The molecule has 4 aliphatic heterocycles. The Morgan fingerprint density at radius 3 is 2.37 bits per heavy atom. The van der Waals surface area contributed by atoms with Crippen LogP contribution in [0.3, 0.4) is 0 Å². The first-order chi connectivity index (χ1) is 29.2. The summed E-state index contributed by atoms with van der Waals surface area (Å²) in [6.45, 7) is 5.55. The zero-order valence-electron chi connectivity index (χ0n) is 33.8.